The summed E-state index contributed by atoms with van der Waals surface area (Å²) in [6.07, 6.45) is 1.89. The van der Waals surface area contributed by atoms with E-state index >= 15 is 0 Å². The van der Waals surface area contributed by atoms with Gasteiger partial charge in [-0.2, -0.15) is 5.10 Å². The molecule has 0 aliphatic rings. The summed E-state index contributed by atoms with van der Waals surface area (Å²) in [4.78, 5) is 0. The molecule has 0 radical (unpaired) electrons. The van der Waals surface area contributed by atoms with Crippen LogP contribution in [0.5, 0.6) is 0 Å². The standard InChI is InChI=1S/C16H19Br2ClN2/c1-3-14-8-15(21(2)20-14)9-16(10-17,11-18)12-4-6-13(19)7-5-12/h4-8H,3,9-11H2,1-2H3. The fraction of sp³-hybridized carbons (Fsp3) is 0.438. The maximum Gasteiger partial charge on any atom is 0.0624 e. The Balaban J connectivity index is 2.37. The van der Waals surface area contributed by atoms with Crippen molar-refractivity contribution in [3.8, 4) is 0 Å². The minimum absolute atomic E-state index is 0.0105. The predicted octanol–water partition coefficient (Wildman–Crippen LogP) is 4.91. The van der Waals surface area contributed by atoms with E-state index in [1.54, 1.807) is 0 Å². The van der Waals surface area contributed by atoms with Crippen molar-refractivity contribution in [2.45, 2.75) is 25.2 Å². The van der Waals surface area contributed by atoms with Crippen LogP contribution in [0.25, 0.3) is 0 Å². The Labute approximate surface area is 148 Å². The molecule has 1 aromatic heterocycles. The Kier molecular flexibility index (Phi) is 5.92. The summed E-state index contributed by atoms with van der Waals surface area (Å²) in [7, 11) is 2.02. The first kappa shape index (κ1) is 17.0. The van der Waals surface area contributed by atoms with Gasteiger partial charge in [0, 0.05) is 40.3 Å². The van der Waals surface area contributed by atoms with Crippen molar-refractivity contribution in [1.82, 2.24) is 9.78 Å². The van der Waals surface area contributed by atoms with Crippen molar-refractivity contribution in [1.29, 1.82) is 0 Å². The molecule has 2 rings (SSSR count). The molecule has 5 heteroatoms. The van der Waals surface area contributed by atoms with Gasteiger partial charge >= 0.3 is 0 Å². The van der Waals surface area contributed by atoms with E-state index in [0.29, 0.717) is 0 Å². The molecule has 1 aromatic carbocycles. The molecule has 0 unspecified atom stereocenters. The maximum absolute atomic E-state index is 6.02. The minimum atomic E-state index is -0.0105. The lowest BCUT2D eigenvalue weighted by atomic mass is 9.80. The molecule has 0 spiro atoms. The van der Waals surface area contributed by atoms with Gasteiger partial charge in [0.1, 0.15) is 0 Å². The van der Waals surface area contributed by atoms with Crippen LogP contribution in [0.15, 0.2) is 30.3 Å². The molecule has 1 heterocycles. The maximum atomic E-state index is 6.02. The smallest absolute Gasteiger partial charge is 0.0624 e. The van der Waals surface area contributed by atoms with Crippen molar-refractivity contribution in [3.05, 3.63) is 52.3 Å². The van der Waals surface area contributed by atoms with Gasteiger partial charge < -0.3 is 0 Å². The largest absolute Gasteiger partial charge is 0.272 e. The lowest BCUT2D eigenvalue weighted by Crippen LogP contribution is -2.33. The molecule has 0 aliphatic heterocycles. The summed E-state index contributed by atoms with van der Waals surface area (Å²) in [5.74, 6) is 0. The van der Waals surface area contributed by atoms with Crippen molar-refractivity contribution < 1.29 is 0 Å². The van der Waals surface area contributed by atoms with Gasteiger partial charge in [-0.05, 0) is 30.2 Å². The molecule has 2 nitrogen and oxygen atoms in total. The zero-order chi connectivity index (χ0) is 15.5. The Morgan fingerprint density at radius 1 is 1.19 bits per heavy atom. The molecule has 0 aliphatic carbocycles. The number of halogens is 3. The molecule has 21 heavy (non-hydrogen) atoms. The van der Waals surface area contributed by atoms with E-state index in [1.807, 2.05) is 23.9 Å². The zero-order valence-electron chi connectivity index (χ0n) is 12.2. The molecule has 114 valence electrons. The molecule has 0 amide bonds. The van der Waals surface area contributed by atoms with Crippen LogP contribution in [0.2, 0.25) is 5.02 Å². The summed E-state index contributed by atoms with van der Waals surface area (Å²) in [5.41, 5.74) is 3.66. The minimum Gasteiger partial charge on any atom is -0.272 e. The monoisotopic (exact) mass is 432 g/mol. The van der Waals surface area contributed by atoms with E-state index < -0.39 is 0 Å². The number of benzene rings is 1. The van der Waals surface area contributed by atoms with E-state index in [9.17, 15) is 0 Å². The molecule has 0 saturated carbocycles. The highest BCUT2D eigenvalue weighted by atomic mass is 79.9. The Morgan fingerprint density at radius 2 is 1.81 bits per heavy atom. The predicted molar refractivity (Wildman–Crippen MR) is 97.0 cm³/mol. The normalized spacial score (nSPS) is 11.9. The van der Waals surface area contributed by atoms with Crippen molar-refractivity contribution in [2.24, 2.45) is 7.05 Å². The highest BCUT2D eigenvalue weighted by molar-refractivity contribution is 9.09. The zero-order valence-corrected chi connectivity index (χ0v) is 16.2. The highest BCUT2D eigenvalue weighted by Gasteiger charge is 2.31. The van der Waals surface area contributed by atoms with E-state index in [2.05, 4.69) is 62.1 Å². The summed E-state index contributed by atoms with van der Waals surface area (Å²) in [6.45, 7) is 2.13. The summed E-state index contributed by atoms with van der Waals surface area (Å²) in [5, 5.41) is 7.07. The molecule has 0 atom stereocenters. The summed E-state index contributed by atoms with van der Waals surface area (Å²) >= 11 is 13.4. The highest BCUT2D eigenvalue weighted by Crippen LogP contribution is 2.33. The van der Waals surface area contributed by atoms with E-state index in [1.165, 1.54) is 11.3 Å². The SMILES string of the molecule is CCc1cc(CC(CBr)(CBr)c2ccc(Cl)cc2)n(C)n1. The number of aromatic nitrogens is 2. The van der Waals surface area contributed by atoms with Crippen molar-refractivity contribution in [3.63, 3.8) is 0 Å². The first-order valence-corrected chi connectivity index (χ1v) is 9.56. The summed E-state index contributed by atoms with van der Waals surface area (Å²) in [6, 6.07) is 10.3. The second-order valence-corrected chi connectivity index (χ2v) is 6.89. The van der Waals surface area contributed by atoms with Gasteiger partial charge in [0.25, 0.3) is 0 Å². The Bertz CT molecular complexity index is 589. The lowest BCUT2D eigenvalue weighted by Gasteiger charge is -2.30. The number of hydrogen-bond donors (Lipinski definition) is 0. The molecular formula is C16H19Br2ClN2. The van der Waals surface area contributed by atoms with Crippen LogP contribution in [-0.2, 0) is 25.3 Å². The Morgan fingerprint density at radius 3 is 2.29 bits per heavy atom. The van der Waals surface area contributed by atoms with Crippen molar-refractivity contribution >= 4 is 43.5 Å². The average molecular weight is 435 g/mol. The first-order chi connectivity index (χ1) is 10.0. The van der Waals surface area contributed by atoms with Gasteiger partial charge in [0.15, 0.2) is 0 Å². The molecule has 2 aromatic rings. The third-order valence-electron chi connectivity index (χ3n) is 3.88. The quantitative estimate of drug-likeness (QED) is 0.591. The van der Waals surface area contributed by atoms with Gasteiger partial charge in [0.2, 0.25) is 0 Å². The van der Waals surface area contributed by atoms with E-state index in [0.717, 1.165) is 34.2 Å². The van der Waals surface area contributed by atoms with Gasteiger partial charge in [-0.15, -0.1) is 0 Å². The second kappa shape index (κ2) is 7.30. The molecular weight excluding hydrogens is 415 g/mol. The molecule has 0 saturated heterocycles. The fourth-order valence-electron chi connectivity index (χ4n) is 2.45. The van der Waals surface area contributed by atoms with Gasteiger partial charge in [-0.3, -0.25) is 4.68 Å². The number of rotatable bonds is 6. The molecule has 0 N–H and O–H groups in total. The van der Waals surface area contributed by atoms with E-state index in [-0.39, 0.29) is 5.41 Å². The van der Waals surface area contributed by atoms with Crippen LogP contribution in [0, 0.1) is 0 Å². The van der Waals surface area contributed by atoms with Crippen LogP contribution in [0.3, 0.4) is 0 Å². The fourth-order valence-corrected chi connectivity index (χ4v) is 4.54. The number of alkyl halides is 2. The number of aryl methyl sites for hydroxylation is 2. The van der Waals surface area contributed by atoms with Crippen LogP contribution in [0.1, 0.15) is 23.9 Å². The van der Waals surface area contributed by atoms with Gasteiger partial charge in [-0.1, -0.05) is 62.5 Å². The Hall–Kier alpha value is -0.320. The molecule has 0 fully saturated rings. The third kappa shape index (κ3) is 3.72. The second-order valence-electron chi connectivity index (χ2n) is 5.34. The van der Waals surface area contributed by atoms with E-state index in [4.69, 9.17) is 11.6 Å². The van der Waals surface area contributed by atoms with Crippen LogP contribution in [0.4, 0.5) is 0 Å². The lowest BCUT2D eigenvalue weighted by molar-refractivity contribution is 0.523. The number of hydrogen-bond acceptors (Lipinski definition) is 1. The van der Waals surface area contributed by atoms with Crippen LogP contribution in [-0.4, -0.2) is 20.4 Å². The number of nitrogens with zero attached hydrogens (tertiary/aromatic N) is 2. The van der Waals surface area contributed by atoms with Gasteiger partial charge in [-0.25, -0.2) is 0 Å². The average Bonchev–Trinajstić information content (AvgIpc) is 2.86. The van der Waals surface area contributed by atoms with Crippen LogP contribution >= 0.6 is 43.5 Å². The molecule has 0 bridgehead atoms. The van der Waals surface area contributed by atoms with Gasteiger partial charge in [0.05, 0.1) is 5.69 Å². The summed E-state index contributed by atoms with van der Waals surface area (Å²) < 4.78 is 1.99. The third-order valence-corrected chi connectivity index (χ3v) is 6.28. The topological polar surface area (TPSA) is 17.8 Å². The van der Waals surface area contributed by atoms with Crippen LogP contribution < -0.4 is 0 Å². The first-order valence-electron chi connectivity index (χ1n) is 6.94. The van der Waals surface area contributed by atoms with Crippen molar-refractivity contribution in [2.75, 3.05) is 10.7 Å².